The Morgan fingerprint density at radius 3 is 2.22 bits per heavy atom. The van der Waals surface area contributed by atoms with E-state index in [1.807, 2.05) is 0 Å². The minimum Gasteiger partial charge on any atom is -0.366 e. The zero-order chi connectivity index (χ0) is 17.6. The van der Waals surface area contributed by atoms with Gasteiger partial charge in [0.1, 0.15) is 0 Å². The minimum absolute atomic E-state index is 0.147. The van der Waals surface area contributed by atoms with Crippen molar-refractivity contribution in [2.45, 2.75) is 64.8 Å². The summed E-state index contributed by atoms with van der Waals surface area (Å²) in [6.07, 6.45) is 5.41. The van der Waals surface area contributed by atoms with Crippen LogP contribution in [0.4, 0.5) is 5.69 Å². The van der Waals surface area contributed by atoms with Gasteiger partial charge in [0.2, 0.25) is 0 Å². The smallest absolute Gasteiger partial charge is 0.0400 e. The molecule has 4 bridgehead atoms. The molecule has 4 saturated carbocycles. The molecule has 0 aromatic heterocycles. The fraction of sp³-hybridized carbons (Fsp3) is 0.727. The molecular weight excluding hydrogens is 278 g/mol. The zero-order valence-corrected chi connectivity index (χ0v) is 14.8. The van der Waals surface area contributed by atoms with E-state index < -0.39 is 11.9 Å². The Balaban J connectivity index is 1.64. The highest BCUT2D eigenvalue weighted by Gasteiger charge is 2.62. The van der Waals surface area contributed by atoms with Gasteiger partial charge in [-0.05, 0) is 100.0 Å². The lowest BCUT2D eigenvalue weighted by Gasteiger charge is -2.60. The molecule has 1 aromatic carbocycles. The Hall–Kier alpha value is -0.980. The van der Waals surface area contributed by atoms with E-state index in [0.717, 1.165) is 18.4 Å². The van der Waals surface area contributed by atoms with Crippen molar-refractivity contribution in [3.63, 3.8) is 0 Å². The fourth-order valence-electron chi connectivity index (χ4n) is 6.88. The van der Waals surface area contributed by atoms with Crippen molar-refractivity contribution in [3.8, 4) is 0 Å². The highest BCUT2D eigenvalue weighted by atomic mass is 15.2. The minimum atomic E-state index is -1.15. The molecule has 0 radical (unpaired) electrons. The van der Waals surface area contributed by atoms with E-state index in [0.29, 0.717) is 11.8 Å². The summed E-state index contributed by atoms with van der Waals surface area (Å²) in [4.78, 5) is 2.44. The van der Waals surface area contributed by atoms with Crippen LogP contribution in [0.3, 0.4) is 0 Å². The third-order valence-electron chi connectivity index (χ3n) is 7.63. The topological polar surface area (TPSA) is 3.24 Å². The van der Waals surface area contributed by atoms with Crippen molar-refractivity contribution < 1.29 is 2.74 Å². The molecule has 1 heterocycles. The normalized spacial score (nSPS) is 47.0. The summed E-state index contributed by atoms with van der Waals surface area (Å²) in [5.41, 5.74) is 1.90. The van der Waals surface area contributed by atoms with Gasteiger partial charge in [-0.3, -0.25) is 0 Å². The number of rotatable bonds is 1. The van der Waals surface area contributed by atoms with Crippen molar-refractivity contribution in [1.29, 1.82) is 0 Å². The Bertz CT molecular complexity index is 680. The first-order chi connectivity index (χ1) is 11.8. The summed E-state index contributed by atoms with van der Waals surface area (Å²) >= 11 is 0. The van der Waals surface area contributed by atoms with Crippen molar-refractivity contribution >= 4 is 5.69 Å². The molecule has 4 aliphatic carbocycles. The maximum atomic E-state index is 9.39. The van der Waals surface area contributed by atoms with Gasteiger partial charge in [0.15, 0.2) is 0 Å². The van der Waals surface area contributed by atoms with Gasteiger partial charge in [0, 0.05) is 20.5 Å². The predicted octanol–water partition coefficient (Wildman–Crippen LogP) is 5.43. The highest BCUT2D eigenvalue weighted by molar-refractivity contribution is 5.56. The van der Waals surface area contributed by atoms with Crippen LogP contribution in [0.2, 0.25) is 0 Å². The molecule has 23 heavy (non-hydrogen) atoms. The monoisotopic (exact) mass is 311 g/mol. The SMILES string of the molecule is [2H]C1([2H])C2(CN(c3ccccc3C)C1(C)C)C1CC3CC(C1)CC2C3. The van der Waals surface area contributed by atoms with Crippen molar-refractivity contribution in [1.82, 2.24) is 0 Å². The lowest BCUT2D eigenvalue weighted by atomic mass is 9.44. The molecular formula is C22H31N. The highest BCUT2D eigenvalue weighted by Crippen LogP contribution is 2.67. The fourth-order valence-corrected chi connectivity index (χ4v) is 6.88. The third kappa shape index (κ3) is 1.91. The van der Waals surface area contributed by atoms with Crippen LogP contribution in [0, 0.1) is 36.0 Å². The Labute approximate surface area is 144 Å². The van der Waals surface area contributed by atoms with E-state index in [2.05, 4.69) is 49.9 Å². The molecule has 0 unspecified atom stereocenters. The number of anilines is 1. The molecule has 0 N–H and O–H groups in total. The van der Waals surface area contributed by atoms with Gasteiger partial charge in [0.05, 0.1) is 0 Å². The largest absolute Gasteiger partial charge is 0.366 e. The molecule has 1 aliphatic heterocycles. The van der Waals surface area contributed by atoms with E-state index in [1.54, 1.807) is 0 Å². The first-order valence-electron chi connectivity index (χ1n) is 10.6. The number of hydrogen-bond donors (Lipinski definition) is 0. The first kappa shape index (κ1) is 12.4. The number of hydrogen-bond acceptors (Lipinski definition) is 1. The summed E-state index contributed by atoms with van der Waals surface area (Å²) in [5.74, 6) is 2.96. The second-order valence-corrected chi connectivity index (χ2v) is 9.40. The lowest BCUT2D eigenvalue weighted by Crippen LogP contribution is -2.54. The molecule has 0 amide bonds. The molecule has 1 heteroatoms. The summed E-state index contributed by atoms with van der Waals surface area (Å²) in [5, 5.41) is 0. The van der Waals surface area contributed by atoms with Crippen molar-refractivity contribution in [2.75, 3.05) is 11.4 Å². The first-order valence-corrected chi connectivity index (χ1v) is 9.60. The maximum Gasteiger partial charge on any atom is 0.0400 e. The third-order valence-corrected chi connectivity index (χ3v) is 7.63. The van der Waals surface area contributed by atoms with E-state index in [1.165, 1.54) is 43.4 Å². The number of para-hydroxylation sites is 1. The van der Waals surface area contributed by atoms with Gasteiger partial charge >= 0.3 is 0 Å². The second-order valence-electron chi connectivity index (χ2n) is 9.40. The van der Waals surface area contributed by atoms with E-state index in [-0.39, 0.29) is 5.41 Å². The maximum absolute atomic E-state index is 9.39. The summed E-state index contributed by atoms with van der Waals surface area (Å²) in [7, 11) is 0. The van der Waals surface area contributed by atoms with Crippen LogP contribution >= 0.6 is 0 Å². The van der Waals surface area contributed by atoms with Crippen LogP contribution in [0.1, 0.15) is 60.6 Å². The molecule has 0 atom stereocenters. The van der Waals surface area contributed by atoms with Crippen LogP contribution in [0.25, 0.3) is 0 Å². The Morgan fingerprint density at radius 2 is 1.61 bits per heavy atom. The van der Waals surface area contributed by atoms with Crippen LogP contribution in [0.15, 0.2) is 24.3 Å². The summed E-state index contributed by atoms with van der Waals surface area (Å²) in [6, 6.07) is 8.57. The Morgan fingerprint density at radius 1 is 1.00 bits per heavy atom. The van der Waals surface area contributed by atoms with Gasteiger partial charge in [-0.1, -0.05) is 18.2 Å². The molecule has 124 valence electrons. The van der Waals surface area contributed by atoms with Crippen LogP contribution in [-0.2, 0) is 0 Å². The average Bonchev–Trinajstić information content (AvgIpc) is 2.70. The number of benzene rings is 1. The van der Waals surface area contributed by atoms with E-state index in [4.69, 9.17) is 0 Å². The van der Waals surface area contributed by atoms with Crippen molar-refractivity contribution in [3.05, 3.63) is 29.8 Å². The average molecular weight is 312 g/mol. The van der Waals surface area contributed by atoms with Crippen LogP contribution in [-0.4, -0.2) is 12.1 Å². The number of aryl methyl sites for hydroxylation is 1. The van der Waals surface area contributed by atoms with E-state index in [9.17, 15) is 2.74 Å². The quantitative estimate of drug-likeness (QED) is 0.669. The van der Waals surface area contributed by atoms with Crippen LogP contribution < -0.4 is 4.90 Å². The molecule has 1 spiro atoms. The molecule has 5 aliphatic rings. The summed E-state index contributed by atoms with van der Waals surface area (Å²) < 4.78 is 18.8. The Kier molecular flexibility index (Phi) is 2.45. The van der Waals surface area contributed by atoms with Gasteiger partial charge in [-0.25, -0.2) is 0 Å². The molecule has 1 saturated heterocycles. The molecule has 1 nitrogen and oxygen atoms in total. The van der Waals surface area contributed by atoms with Gasteiger partial charge in [-0.2, -0.15) is 0 Å². The van der Waals surface area contributed by atoms with Gasteiger partial charge in [-0.15, -0.1) is 0 Å². The molecule has 1 aromatic rings. The van der Waals surface area contributed by atoms with Gasteiger partial charge < -0.3 is 4.90 Å². The molecule has 5 fully saturated rings. The second kappa shape index (κ2) is 4.55. The predicted molar refractivity (Wildman–Crippen MR) is 96.7 cm³/mol. The zero-order valence-electron chi connectivity index (χ0n) is 16.8. The lowest BCUT2D eigenvalue weighted by molar-refractivity contribution is -0.0993. The van der Waals surface area contributed by atoms with Crippen LogP contribution in [0.5, 0.6) is 0 Å². The van der Waals surface area contributed by atoms with E-state index >= 15 is 0 Å². The summed E-state index contributed by atoms with van der Waals surface area (Å²) in [6.45, 7) is 7.38. The standard InChI is InChI=1S/C22H31N/c1-15-6-4-5-7-20(15)23-14-22(13-21(23,2)3)18-9-16-8-17(11-18)12-19(22)10-16/h4-7,16-19H,8-14H2,1-3H3/i13D2. The van der Waals surface area contributed by atoms with Gasteiger partial charge in [0.25, 0.3) is 0 Å². The number of nitrogens with zero attached hydrogens (tertiary/aromatic N) is 1. The molecule has 6 rings (SSSR count). The van der Waals surface area contributed by atoms with Crippen molar-refractivity contribution in [2.24, 2.45) is 29.1 Å².